The lowest BCUT2D eigenvalue weighted by Gasteiger charge is -2.21. The average molecular weight is 253 g/mol. The summed E-state index contributed by atoms with van der Waals surface area (Å²) in [6.45, 7) is 0. The third-order valence-electron chi connectivity index (χ3n) is 3.67. The summed E-state index contributed by atoms with van der Waals surface area (Å²) in [5.41, 5.74) is 6.66. The molecule has 2 unspecified atom stereocenters. The SMILES string of the molecule is COC(=O)C1[C@@H]2[C@H]1CC(=O)C2(N=[N+]=[N-])C(=O)OC. The molecule has 2 saturated carbocycles. The highest BCUT2D eigenvalue weighted by Gasteiger charge is 2.76. The number of rotatable bonds is 3. The van der Waals surface area contributed by atoms with Crippen LogP contribution < -0.4 is 0 Å². The molecular weight excluding hydrogens is 242 g/mol. The number of ether oxygens (including phenoxy) is 2. The van der Waals surface area contributed by atoms with Crippen LogP contribution in [0, 0.1) is 17.8 Å². The van der Waals surface area contributed by atoms with E-state index in [9.17, 15) is 14.4 Å². The highest BCUT2D eigenvalue weighted by molar-refractivity contribution is 6.13. The van der Waals surface area contributed by atoms with Crippen molar-refractivity contribution in [3.63, 3.8) is 0 Å². The van der Waals surface area contributed by atoms with E-state index in [-0.39, 0.29) is 12.3 Å². The number of hydrogen-bond donors (Lipinski definition) is 0. The van der Waals surface area contributed by atoms with Crippen LogP contribution >= 0.6 is 0 Å². The number of nitrogens with zero attached hydrogens (tertiary/aromatic N) is 3. The fourth-order valence-electron chi connectivity index (χ4n) is 2.85. The van der Waals surface area contributed by atoms with Crippen LogP contribution in [0.15, 0.2) is 5.11 Å². The molecule has 0 heterocycles. The summed E-state index contributed by atoms with van der Waals surface area (Å²) < 4.78 is 9.14. The van der Waals surface area contributed by atoms with Gasteiger partial charge in [-0.2, -0.15) is 0 Å². The molecule has 18 heavy (non-hydrogen) atoms. The number of ketones is 1. The van der Waals surface area contributed by atoms with Crippen LogP contribution in [0.5, 0.6) is 0 Å². The van der Waals surface area contributed by atoms with Crippen LogP contribution in [-0.4, -0.2) is 37.5 Å². The number of hydrogen-bond acceptors (Lipinski definition) is 6. The topological polar surface area (TPSA) is 118 Å². The molecule has 96 valence electrons. The number of carbonyl (C=O) groups excluding carboxylic acids is 3. The average Bonchev–Trinajstić information content (AvgIpc) is 3.00. The zero-order chi connectivity index (χ0) is 13.5. The molecular formula is C10H11N3O5. The van der Waals surface area contributed by atoms with Gasteiger partial charge in [0.15, 0.2) is 5.78 Å². The van der Waals surface area contributed by atoms with E-state index in [2.05, 4.69) is 19.5 Å². The lowest BCUT2D eigenvalue weighted by Crippen LogP contribution is -2.46. The Morgan fingerprint density at radius 1 is 1.44 bits per heavy atom. The number of fused-ring (bicyclic) bond motifs is 1. The minimum absolute atomic E-state index is 0.0263. The van der Waals surface area contributed by atoms with Gasteiger partial charge in [0.25, 0.3) is 0 Å². The minimum Gasteiger partial charge on any atom is -0.469 e. The van der Waals surface area contributed by atoms with Crippen LogP contribution in [0.2, 0.25) is 0 Å². The molecule has 0 N–H and O–H groups in total. The predicted molar refractivity (Wildman–Crippen MR) is 56.0 cm³/mol. The van der Waals surface area contributed by atoms with Crippen molar-refractivity contribution in [3.8, 4) is 0 Å². The van der Waals surface area contributed by atoms with Gasteiger partial charge in [0.05, 0.1) is 20.1 Å². The van der Waals surface area contributed by atoms with E-state index in [1.165, 1.54) is 7.11 Å². The van der Waals surface area contributed by atoms with Gasteiger partial charge in [-0.1, -0.05) is 5.11 Å². The molecule has 0 amide bonds. The Morgan fingerprint density at radius 2 is 2.11 bits per heavy atom. The first-order chi connectivity index (χ1) is 8.54. The molecule has 0 bridgehead atoms. The summed E-state index contributed by atoms with van der Waals surface area (Å²) in [6.07, 6.45) is 0.0263. The molecule has 8 heteroatoms. The Labute approximate surface area is 102 Å². The Hall–Kier alpha value is -2.08. The van der Waals surface area contributed by atoms with Gasteiger partial charge in [0.2, 0.25) is 5.54 Å². The van der Waals surface area contributed by atoms with Crippen LogP contribution in [0.3, 0.4) is 0 Å². The first-order valence-electron chi connectivity index (χ1n) is 5.30. The molecule has 2 rings (SSSR count). The first kappa shape index (κ1) is 12.4. The predicted octanol–water partition coefficient (Wildman–Crippen LogP) is 0.216. The van der Waals surface area contributed by atoms with Crippen molar-refractivity contribution in [2.24, 2.45) is 22.9 Å². The second kappa shape index (κ2) is 3.99. The monoisotopic (exact) mass is 253 g/mol. The van der Waals surface area contributed by atoms with E-state index in [1.54, 1.807) is 0 Å². The van der Waals surface area contributed by atoms with Crippen molar-refractivity contribution in [3.05, 3.63) is 10.4 Å². The van der Waals surface area contributed by atoms with Crippen molar-refractivity contribution in [1.82, 2.24) is 0 Å². The van der Waals surface area contributed by atoms with E-state index >= 15 is 0 Å². The smallest absolute Gasteiger partial charge is 0.325 e. The fourth-order valence-corrected chi connectivity index (χ4v) is 2.85. The number of Topliss-reactive ketones (excluding diaryl/α,β-unsaturated/α-hetero) is 1. The van der Waals surface area contributed by atoms with Crippen molar-refractivity contribution < 1.29 is 23.9 Å². The summed E-state index contributed by atoms with van der Waals surface area (Å²) in [6, 6.07) is 0. The number of carbonyl (C=O) groups is 3. The van der Waals surface area contributed by atoms with Crippen LogP contribution in [0.1, 0.15) is 6.42 Å². The van der Waals surface area contributed by atoms with Crippen molar-refractivity contribution in [2.45, 2.75) is 12.0 Å². The van der Waals surface area contributed by atoms with E-state index in [0.717, 1.165) is 7.11 Å². The largest absolute Gasteiger partial charge is 0.469 e. The molecule has 0 spiro atoms. The van der Waals surface area contributed by atoms with E-state index in [4.69, 9.17) is 5.53 Å². The van der Waals surface area contributed by atoms with E-state index in [1.807, 2.05) is 0 Å². The molecule has 2 aliphatic rings. The standard InChI is InChI=1S/C10H11N3O5/c1-17-8(15)6-4-3-5(14)10(7(4)6,12-13-11)9(16)18-2/h4,6-7H,3H2,1-2H3/t4-,6?,7-,10?/m0/s1. The Balaban J connectivity index is 2.40. The lowest BCUT2D eigenvalue weighted by atomic mass is 9.90. The van der Waals surface area contributed by atoms with Crippen molar-refractivity contribution in [2.75, 3.05) is 14.2 Å². The van der Waals surface area contributed by atoms with Gasteiger partial charge in [0, 0.05) is 17.3 Å². The maximum absolute atomic E-state index is 11.9. The highest BCUT2D eigenvalue weighted by atomic mass is 16.5. The normalized spacial score (nSPS) is 36.3. The van der Waals surface area contributed by atoms with Gasteiger partial charge in [-0.3, -0.25) is 14.4 Å². The second-order valence-corrected chi connectivity index (χ2v) is 4.31. The van der Waals surface area contributed by atoms with Gasteiger partial charge < -0.3 is 9.47 Å². The minimum atomic E-state index is -1.90. The van der Waals surface area contributed by atoms with E-state index in [0.29, 0.717) is 0 Å². The van der Waals surface area contributed by atoms with Gasteiger partial charge in [0.1, 0.15) is 0 Å². The third kappa shape index (κ3) is 1.32. The zero-order valence-corrected chi connectivity index (χ0v) is 9.82. The Morgan fingerprint density at radius 3 is 2.61 bits per heavy atom. The summed E-state index contributed by atoms with van der Waals surface area (Å²) in [5, 5.41) is 3.35. The summed E-state index contributed by atoms with van der Waals surface area (Å²) in [4.78, 5) is 37.7. The van der Waals surface area contributed by atoms with Gasteiger partial charge in [-0.15, -0.1) is 0 Å². The second-order valence-electron chi connectivity index (χ2n) is 4.31. The molecule has 8 nitrogen and oxygen atoms in total. The molecule has 4 atom stereocenters. The van der Waals surface area contributed by atoms with Gasteiger partial charge in [-0.25, -0.2) is 0 Å². The van der Waals surface area contributed by atoms with Crippen molar-refractivity contribution >= 4 is 17.7 Å². The Bertz CT molecular complexity index is 484. The number of methoxy groups -OCH3 is 2. The quantitative estimate of drug-likeness (QED) is 0.234. The number of esters is 2. The van der Waals surface area contributed by atoms with Crippen LogP contribution in [0.25, 0.3) is 10.4 Å². The molecule has 2 aliphatic carbocycles. The fraction of sp³-hybridized carbons (Fsp3) is 0.700. The molecule has 0 aromatic carbocycles. The van der Waals surface area contributed by atoms with E-state index < -0.39 is 35.1 Å². The van der Waals surface area contributed by atoms with Crippen LogP contribution in [0.4, 0.5) is 0 Å². The van der Waals surface area contributed by atoms with Gasteiger partial charge >= 0.3 is 11.9 Å². The molecule has 0 aliphatic heterocycles. The molecule has 0 aromatic rings. The Kier molecular flexibility index (Phi) is 2.74. The number of azide groups is 1. The molecule has 0 saturated heterocycles. The molecule has 0 aromatic heterocycles. The maximum Gasteiger partial charge on any atom is 0.325 e. The summed E-state index contributed by atoms with van der Waals surface area (Å²) >= 11 is 0. The van der Waals surface area contributed by atoms with Crippen LogP contribution in [-0.2, 0) is 23.9 Å². The molecule has 2 fully saturated rings. The lowest BCUT2D eigenvalue weighted by molar-refractivity contribution is -0.152. The highest BCUT2D eigenvalue weighted by Crippen LogP contribution is 2.62. The molecule has 0 radical (unpaired) electrons. The van der Waals surface area contributed by atoms with Gasteiger partial charge in [-0.05, 0) is 11.4 Å². The third-order valence-corrected chi connectivity index (χ3v) is 3.67. The first-order valence-corrected chi connectivity index (χ1v) is 5.30. The zero-order valence-electron chi connectivity index (χ0n) is 9.82. The van der Waals surface area contributed by atoms with Crippen molar-refractivity contribution in [1.29, 1.82) is 0 Å². The summed E-state index contributed by atoms with van der Waals surface area (Å²) in [5.74, 6) is -3.42. The maximum atomic E-state index is 11.9. The summed E-state index contributed by atoms with van der Waals surface area (Å²) in [7, 11) is 2.33.